The summed E-state index contributed by atoms with van der Waals surface area (Å²) < 4.78 is 10.6. The van der Waals surface area contributed by atoms with Gasteiger partial charge in [0, 0.05) is 19.1 Å². The molecule has 2 unspecified atom stereocenters. The molecule has 1 saturated carbocycles. The van der Waals surface area contributed by atoms with E-state index in [-0.39, 0.29) is 24.0 Å². The second kappa shape index (κ2) is 11.4. The van der Waals surface area contributed by atoms with Crippen LogP contribution in [0.3, 0.4) is 0 Å². The van der Waals surface area contributed by atoms with Crippen LogP contribution in [0.4, 0.5) is 0 Å². The summed E-state index contributed by atoms with van der Waals surface area (Å²) in [5.74, 6) is 3.28. The molecule has 0 amide bonds. The fourth-order valence-electron chi connectivity index (χ4n) is 2.94. The second-order valence-electron chi connectivity index (χ2n) is 6.24. The first kappa shape index (κ1) is 21.9. The molecule has 2 N–H and O–H groups in total. The molecule has 0 radical (unpaired) electrons. The minimum Gasteiger partial charge on any atom is -0.493 e. The summed E-state index contributed by atoms with van der Waals surface area (Å²) in [6, 6.07) is 6.63. The zero-order valence-corrected chi connectivity index (χ0v) is 18.1. The Bertz CT molecular complexity index is 551. The summed E-state index contributed by atoms with van der Waals surface area (Å²) in [5.41, 5.74) is 1.20. The summed E-state index contributed by atoms with van der Waals surface area (Å²) in [6.07, 6.45) is 4.71. The van der Waals surface area contributed by atoms with E-state index in [4.69, 9.17) is 14.5 Å². The van der Waals surface area contributed by atoms with E-state index in [0.29, 0.717) is 6.04 Å². The number of hydrogen-bond acceptors (Lipinski definition) is 3. The quantitative estimate of drug-likeness (QED) is 0.335. The molecule has 0 bridgehead atoms. The summed E-state index contributed by atoms with van der Waals surface area (Å²) in [7, 11) is 3.31. The zero-order valence-electron chi connectivity index (χ0n) is 15.8. The lowest BCUT2D eigenvalue weighted by Gasteiger charge is -2.12. The molecule has 1 aliphatic rings. The molecule has 1 fully saturated rings. The van der Waals surface area contributed by atoms with Crippen LogP contribution in [0.2, 0.25) is 0 Å². The fraction of sp³-hybridized carbons (Fsp3) is 0.632. The Hall–Kier alpha value is -1.18. The van der Waals surface area contributed by atoms with Crippen LogP contribution in [-0.2, 0) is 6.42 Å². The summed E-state index contributed by atoms with van der Waals surface area (Å²) >= 11 is 0. The van der Waals surface area contributed by atoms with E-state index >= 15 is 0 Å². The Labute approximate surface area is 169 Å². The third-order valence-corrected chi connectivity index (χ3v) is 4.37. The lowest BCUT2D eigenvalue weighted by molar-refractivity contribution is 0.354. The maximum Gasteiger partial charge on any atom is 0.191 e. The average Bonchev–Trinajstić information content (AvgIpc) is 3.32. The van der Waals surface area contributed by atoms with Crippen LogP contribution in [0.5, 0.6) is 11.5 Å². The fourth-order valence-corrected chi connectivity index (χ4v) is 2.94. The van der Waals surface area contributed by atoms with Gasteiger partial charge in [-0.25, -0.2) is 0 Å². The van der Waals surface area contributed by atoms with Crippen LogP contribution in [0, 0.1) is 5.92 Å². The van der Waals surface area contributed by atoms with E-state index in [2.05, 4.69) is 30.5 Å². The number of ether oxygens (including phenoxy) is 2. The maximum absolute atomic E-state index is 5.35. The zero-order chi connectivity index (χ0) is 17.4. The summed E-state index contributed by atoms with van der Waals surface area (Å²) in [4.78, 5) is 4.70. The van der Waals surface area contributed by atoms with Crippen LogP contribution in [0.25, 0.3) is 0 Å². The summed E-state index contributed by atoms with van der Waals surface area (Å²) in [6.45, 7) is 5.98. The standard InChI is InChI=1S/C19H31N3O2.HI/c1-5-7-15-13-16(15)22-19(20-6-2)21-11-10-14-8-9-17(23-3)18(12-14)24-4;/h8-9,12,15-16H,5-7,10-11,13H2,1-4H3,(H2,20,21,22);1H. The predicted molar refractivity (Wildman–Crippen MR) is 115 cm³/mol. The number of benzene rings is 1. The van der Waals surface area contributed by atoms with Gasteiger partial charge >= 0.3 is 0 Å². The highest BCUT2D eigenvalue weighted by Crippen LogP contribution is 2.34. The lowest BCUT2D eigenvalue weighted by Crippen LogP contribution is -2.39. The van der Waals surface area contributed by atoms with Crippen LogP contribution in [-0.4, -0.2) is 39.3 Å². The Morgan fingerprint density at radius 1 is 1.20 bits per heavy atom. The molecule has 0 spiro atoms. The smallest absolute Gasteiger partial charge is 0.191 e. The third kappa shape index (κ3) is 6.92. The van der Waals surface area contributed by atoms with Crippen molar-refractivity contribution in [3.63, 3.8) is 0 Å². The van der Waals surface area contributed by atoms with Gasteiger partial charge in [0.1, 0.15) is 0 Å². The number of methoxy groups -OCH3 is 2. The van der Waals surface area contributed by atoms with Crippen molar-refractivity contribution in [1.29, 1.82) is 0 Å². The molecule has 1 aromatic carbocycles. The number of nitrogens with one attached hydrogen (secondary N) is 2. The second-order valence-corrected chi connectivity index (χ2v) is 6.24. The van der Waals surface area contributed by atoms with E-state index in [1.807, 2.05) is 12.1 Å². The highest BCUT2D eigenvalue weighted by atomic mass is 127. The Balaban J connectivity index is 0.00000312. The van der Waals surface area contributed by atoms with Gasteiger partial charge in [0.05, 0.1) is 14.2 Å². The van der Waals surface area contributed by atoms with Crippen molar-refractivity contribution < 1.29 is 9.47 Å². The normalized spacial score (nSPS) is 19.0. The Morgan fingerprint density at radius 2 is 1.96 bits per heavy atom. The number of aliphatic imine (C=N–C) groups is 1. The number of guanidine groups is 1. The van der Waals surface area contributed by atoms with Gasteiger partial charge in [-0.3, -0.25) is 4.99 Å². The minimum absolute atomic E-state index is 0. The van der Waals surface area contributed by atoms with Gasteiger partial charge in [0.25, 0.3) is 0 Å². The van der Waals surface area contributed by atoms with E-state index in [9.17, 15) is 0 Å². The largest absolute Gasteiger partial charge is 0.493 e. The Morgan fingerprint density at radius 3 is 2.60 bits per heavy atom. The number of halogens is 1. The SMILES string of the molecule is CCCC1CC1NC(=NCCc1ccc(OC)c(OC)c1)NCC.I. The van der Waals surface area contributed by atoms with Crippen LogP contribution in [0.1, 0.15) is 38.7 Å². The number of rotatable bonds is 9. The average molecular weight is 461 g/mol. The van der Waals surface area contributed by atoms with E-state index < -0.39 is 0 Å². The van der Waals surface area contributed by atoms with Crippen molar-refractivity contribution in [1.82, 2.24) is 10.6 Å². The summed E-state index contributed by atoms with van der Waals surface area (Å²) in [5, 5.41) is 6.89. The van der Waals surface area contributed by atoms with Crippen LogP contribution < -0.4 is 20.1 Å². The first-order valence-electron chi connectivity index (χ1n) is 8.97. The highest BCUT2D eigenvalue weighted by Gasteiger charge is 2.36. The van der Waals surface area contributed by atoms with Gasteiger partial charge in [0.2, 0.25) is 0 Å². The molecule has 1 aliphatic carbocycles. The molecule has 1 aromatic rings. The molecule has 25 heavy (non-hydrogen) atoms. The van der Waals surface area contributed by atoms with Gasteiger partial charge in [-0.2, -0.15) is 0 Å². The molecular weight excluding hydrogens is 429 g/mol. The van der Waals surface area contributed by atoms with Crippen LogP contribution >= 0.6 is 24.0 Å². The van der Waals surface area contributed by atoms with Crippen molar-refractivity contribution in [2.75, 3.05) is 27.3 Å². The molecule has 0 saturated heterocycles. The van der Waals surface area contributed by atoms with Gasteiger partial charge in [-0.15, -0.1) is 24.0 Å². The van der Waals surface area contributed by atoms with Gasteiger partial charge in [-0.1, -0.05) is 19.4 Å². The maximum atomic E-state index is 5.35. The highest BCUT2D eigenvalue weighted by molar-refractivity contribution is 14.0. The van der Waals surface area contributed by atoms with Gasteiger partial charge < -0.3 is 20.1 Å². The molecule has 0 aromatic heterocycles. The van der Waals surface area contributed by atoms with E-state index in [1.165, 1.54) is 24.8 Å². The van der Waals surface area contributed by atoms with Crippen LogP contribution in [0.15, 0.2) is 23.2 Å². The number of nitrogens with zero attached hydrogens (tertiary/aromatic N) is 1. The topological polar surface area (TPSA) is 54.9 Å². The van der Waals surface area contributed by atoms with Crippen molar-refractivity contribution in [2.45, 2.75) is 45.6 Å². The number of hydrogen-bond donors (Lipinski definition) is 2. The van der Waals surface area contributed by atoms with Crippen molar-refractivity contribution in [3.05, 3.63) is 23.8 Å². The minimum atomic E-state index is 0. The monoisotopic (exact) mass is 461 g/mol. The molecule has 0 heterocycles. The molecule has 0 aliphatic heterocycles. The third-order valence-electron chi connectivity index (χ3n) is 4.37. The molecule has 6 heteroatoms. The first-order chi connectivity index (χ1) is 11.7. The van der Waals surface area contributed by atoms with Gasteiger partial charge in [-0.05, 0) is 49.8 Å². The Kier molecular flexibility index (Phi) is 10.0. The van der Waals surface area contributed by atoms with Gasteiger partial charge in [0.15, 0.2) is 17.5 Å². The lowest BCUT2D eigenvalue weighted by atomic mass is 10.1. The first-order valence-corrected chi connectivity index (χ1v) is 8.97. The molecule has 142 valence electrons. The van der Waals surface area contributed by atoms with E-state index in [0.717, 1.165) is 42.9 Å². The molecule has 2 atom stereocenters. The molecule has 5 nitrogen and oxygen atoms in total. The van der Waals surface area contributed by atoms with Crippen molar-refractivity contribution in [3.8, 4) is 11.5 Å². The molecule has 2 rings (SSSR count). The van der Waals surface area contributed by atoms with E-state index in [1.54, 1.807) is 14.2 Å². The van der Waals surface area contributed by atoms with Crippen molar-refractivity contribution >= 4 is 29.9 Å². The van der Waals surface area contributed by atoms with Crippen molar-refractivity contribution in [2.24, 2.45) is 10.9 Å². The predicted octanol–water partition coefficient (Wildman–Crippen LogP) is 3.61. The molecular formula is C19H32IN3O2.